The van der Waals surface area contributed by atoms with Crippen molar-refractivity contribution in [2.24, 2.45) is 0 Å². The van der Waals surface area contributed by atoms with E-state index in [0.717, 1.165) is 13.1 Å². The molecule has 0 spiro atoms. The summed E-state index contributed by atoms with van der Waals surface area (Å²) in [6.45, 7) is 3.90. The first kappa shape index (κ1) is 13.8. The summed E-state index contributed by atoms with van der Waals surface area (Å²) in [5, 5.41) is 3.19. The summed E-state index contributed by atoms with van der Waals surface area (Å²) in [5.74, 6) is 0.285. The Morgan fingerprint density at radius 2 is 1.94 bits per heavy atom. The minimum atomic E-state index is 0.0341. The molecule has 2 rings (SSSR count). The van der Waals surface area contributed by atoms with Gasteiger partial charge < -0.3 is 10.2 Å². The highest BCUT2D eigenvalue weighted by molar-refractivity contribution is 5.83. The van der Waals surface area contributed by atoms with E-state index in [1.807, 2.05) is 19.0 Å². The molecule has 1 heterocycles. The maximum absolute atomic E-state index is 12.4. The molecule has 1 aliphatic carbocycles. The van der Waals surface area contributed by atoms with E-state index < -0.39 is 0 Å². The average molecular weight is 253 g/mol. The molecule has 4 nitrogen and oxygen atoms in total. The van der Waals surface area contributed by atoms with Gasteiger partial charge in [-0.3, -0.25) is 9.69 Å². The zero-order valence-corrected chi connectivity index (χ0v) is 12.0. The lowest BCUT2D eigenvalue weighted by Crippen LogP contribution is -2.65. The van der Waals surface area contributed by atoms with Crippen molar-refractivity contribution in [3.63, 3.8) is 0 Å². The Balaban J connectivity index is 2.14. The number of likely N-dealkylation sites (N-methyl/N-ethyl adjacent to an activating group) is 2. The maximum atomic E-state index is 12.4. The molecular formula is C14H27N3O. The van der Waals surface area contributed by atoms with E-state index in [4.69, 9.17) is 0 Å². The predicted molar refractivity (Wildman–Crippen MR) is 73.5 cm³/mol. The number of rotatable bonds is 3. The number of piperazine rings is 1. The fourth-order valence-electron chi connectivity index (χ4n) is 3.65. The molecule has 1 aliphatic heterocycles. The van der Waals surface area contributed by atoms with Crippen LogP contribution in [0.5, 0.6) is 0 Å². The number of carbonyl (C=O) groups is 1. The van der Waals surface area contributed by atoms with Crippen LogP contribution in [-0.2, 0) is 4.79 Å². The third-order valence-electron chi connectivity index (χ3n) is 4.46. The molecule has 18 heavy (non-hydrogen) atoms. The smallest absolute Gasteiger partial charge is 0.241 e. The zero-order valence-electron chi connectivity index (χ0n) is 12.0. The maximum Gasteiger partial charge on any atom is 0.241 e. The van der Waals surface area contributed by atoms with Crippen molar-refractivity contribution < 1.29 is 4.79 Å². The lowest BCUT2D eigenvalue weighted by Gasteiger charge is -2.48. The zero-order chi connectivity index (χ0) is 13.1. The Morgan fingerprint density at radius 1 is 1.28 bits per heavy atom. The highest BCUT2D eigenvalue weighted by Gasteiger charge is 2.40. The summed E-state index contributed by atoms with van der Waals surface area (Å²) < 4.78 is 0. The quantitative estimate of drug-likeness (QED) is 0.817. The van der Waals surface area contributed by atoms with E-state index in [1.54, 1.807) is 0 Å². The van der Waals surface area contributed by atoms with Gasteiger partial charge in [0.05, 0.1) is 0 Å². The van der Waals surface area contributed by atoms with Crippen molar-refractivity contribution in [3.05, 3.63) is 0 Å². The molecule has 104 valence electrons. The molecule has 0 radical (unpaired) electrons. The van der Waals surface area contributed by atoms with Crippen LogP contribution in [-0.4, -0.2) is 61.0 Å². The standard InChI is InChI=1S/C14H27N3O/c1-11-10-16(3)14(18)13(9-15-2)17(11)12-7-5-4-6-8-12/h11-13,15H,4-10H2,1-3H3. The van der Waals surface area contributed by atoms with Crippen molar-refractivity contribution in [3.8, 4) is 0 Å². The third-order valence-corrected chi connectivity index (χ3v) is 4.46. The van der Waals surface area contributed by atoms with Crippen LogP contribution in [0.4, 0.5) is 0 Å². The molecular weight excluding hydrogens is 226 g/mol. The molecule has 0 aromatic carbocycles. The Bertz CT molecular complexity index is 289. The van der Waals surface area contributed by atoms with Crippen LogP contribution in [0.15, 0.2) is 0 Å². The molecule has 0 bridgehead atoms. The first-order valence-corrected chi connectivity index (χ1v) is 7.32. The number of nitrogens with one attached hydrogen (secondary N) is 1. The molecule has 1 amide bonds. The van der Waals surface area contributed by atoms with Crippen molar-refractivity contribution in [1.82, 2.24) is 15.1 Å². The van der Waals surface area contributed by atoms with Crippen LogP contribution in [0.1, 0.15) is 39.0 Å². The van der Waals surface area contributed by atoms with E-state index in [9.17, 15) is 4.79 Å². The van der Waals surface area contributed by atoms with E-state index in [1.165, 1.54) is 32.1 Å². The van der Waals surface area contributed by atoms with Crippen LogP contribution in [0, 0.1) is 0 Å². The van der Waals surface area contributed by atoms with E-state index >= 15 is 0 Å². The molecule has 2 atom stereocenters. The van der Waals surface area contributed by atoms with Crippen molar-refractivity contribution >= 4 is 5.91 Å². The number of carbonyl (C=O) groups excluding carboxylic acids is 1. The summed E-state index contributed by atoms with van der Waals surface area (Å²) in [7, 11) is 3.87. The summed E-state index contributed by atoms with van der Waals surface area (Å²) in [6.07, 6.45) is 6.54. The highest BCUT2D eigenvalue weighted by Crippen LogP contribution is 2.28. The SMILES string of the molecule is CNCC1C(=O)N(C)CC(C)N1C1CCCCC1. The first-order valence-electron chi connectivity index (χ1n) is 7.32. The van der Waals surface area contributed by atoms with Gasteiger partial charge >= 0.3 is 0 Å². The summed E-state index contributed by atoms with van der Waals surface area (Å²) >= 11 is 0. The fraction of sp³-hybridized carbons (Fsp3) is 0.929. The molecule has 0 aromatic heterocycles. The van der Waals surface area contributed by atoms with Crippen molar-refractivity contribution in [2.75, 3.05) is 27.2 Å². The van der Waals surface area contributed by atoms with Gasteiger partial charge in [-0.05, 0) is 26.8 Å². The second kappa shape index (κ2) is 6.02. The van der Waals surface area contributed by atoms with Crippen LogP contribution < -0.4 is 5.32 Å². The molecule has 0 aromatic rings. The largest absolute Gasteiger partial charge is 0.343 e. The minimum Gasteiger partial charge on any atom is -0.343 e. The second-order valence-corrected chi connectivity index (χ2v) is 5.88. The van der Waals surface area contributed by atoms with Gasteiger partial charge in [0.25, 0.3) is 0 Å². The minimum absolute atomic E-state index is 0.0341. The number of amides is 1. The summed E-state index contributed by atoms with van der Waals surface area (Å²) in [4.78, 5) is 16.8. The average Bonchev–Trinajstić information content (AvgIpc) is 2.37. The Kier molecular flexibility index (Phi) is 4.62. The van der Waals surface area contributed by atoms with Crippen LogP contribution in [0.2, 0.25) is 0 Å². The van der Waals surface area contributed by atoms with Gasteiger partial charge in [-0.15, -0.1) is 0 Å². The van der Waals surface area contributed by atoms with Gasteiger partial charge in [-0.1, -0.05) is 19.3 Å². The van der Waals surface area contributed by atoms with Gasteiger partial charge in [-0.2, -0.15) is 0 Å². The Hall–Kier alpha value is -0.610. The third kappa shape index (κ3) is 2.69. The number of hydrogen-bond acceptors (Lipinski definition) is 3. The van der Waals surface area contributed by atoms with Gasteiger partial charge in [0.15, 0.2) is 0 Å². The molecule has 1 saturated carbocycles. The van der Waals surface area contributed by atoms with E-state index in [-0.39, 0.29) is 11.9 Å². The van der Waals surface area contributed by atoms with Gasteiger partial charge in [-0.25, -0.2) is 0 Å². The molecule has 1 N–H and O–H groups in total. The number of hydrogen-bond donors (Lipinski definition) is 1. The van der Waals surface area contributed by atoms with E-state index in [2.05, 4.69) is 17.1 Å². The molecule has 2 unspecified atom stereocenters. The summed E-state index contributed by atoms with van der Waals surface area (Å²) in [6, 6.07) is 1.13. The fourth-order valence-corrected chi connectivity index (χ4v) is 3.65. The van der Waals surface area contributed by atoms with Gasteiger partial charge in [0.2, 0.25) is 5.91 Å². The normalized spacial score (nSPS) is 31.9. The second-order valence-electron chi connectivity index (χ2n) is 5.88. The van der Waals surface area contributed by atoms with Crippen LogP contribution in [0.25, 0.3) is 0 Å². The summed E-state index contributed by atoms with van der Waals surface area (Å²) in [5.41, 5.74) is 0. The van der Waals surface area contributed by atoms with Crippen LogP contribution in [0.3, 0.4) is 0 Å². The first-order chi connectivity index (χ1) is 8.65. The number of nitrogens with zero attached hydrogens (tertiary/aromatic N) is 2. The van der Waals surface area contributed by atoms with Crippen molar-refractivity contribution in [2.45, 2.75) is 57.2 Å². The predicted octanol–water partition coefficient (Wildman–Crippen LogP) is 1.07. The molecule has 4 heteroatoms. The highest BCUT2D eigenvalue weighted by atomic mass is 16.2. The lowest BCUT2D eigenvalue weighted by molar-refractivity contribution is -0.145. The monoisotopic (exact) mass is 253 g/mol. The molecule has 2 aliphatic rings. The van der Waals surface area contributed by atoms with Gasteiger partial charge in [0.1, 0.15) is 6.04 Å². The molecule has 2 fully saturated rings. The lowest BCUT2D eigenvalue weighted by atomic mass is 9.90. The Labute approximate surface area is 111 Å². The van der Waals surface area contributed by atoms with Crippen LogP contribution >= 0.6 is 0 Å². The van der Waals surface area contributed by atoms with E-state index in [0.29, 0.717) is 12.1 Å². The molecule has 1 saturated heterocycles. The van der Waals surface area contributed by atoms with Crippen molar-refractivity contribution in [1.29, 1.82) is 0 Å². The van der Waals surface area contributed by atoms with Gasteiger partial charge in [0, 0.05) is 32.2 Å². The topological polar surface area (TPSA) is 35.6 Å². The Morgan fingerprint density at radius 3 is 2.56 bits per heavy atom.